The second kappa shape index (κ2) is 5.20. The molecule has 0 fully saturated rings. The van der Waals surface area contributed by atoms with E-state index in [0.717, 1.165) is 11.3 Å². The van der Waals surface area contributed by atoms with Gasteiger partial charge >= 0.3 is 0 Å². The van der Waals surface area contributed by atoms with Crippen LogP contribution in [0.1, 0.15) is 5.56 Å². The van der Waals surface area contributed by atoms with E-state index in [9.17, 15) is 5.11 Å². The van der Waals surface area contributed by atoms with Gasteiger partial charge in [-0.25, -0.2) is 0 Å². The smallest absolute Gasteiger partial charge is 0.136 e. The first-order valence-electron chi connectivity index (χ1n) is 4.49. The van der Waals surface area contributed by atoms with E-state index in [1.54, 1.807) is 12.1 Å². The Labute approximate surface area is 88.4 Å². The van der Waals surface area contributed by atoms with Crippen LogP contribution >= 0.6 is 11.6 Å². The van der Waals surface area contributed by atoms with E-state index < -0.39 is 6.10 Å². The van der Waals surface area contributed by atoms with Crippen molar-refractivity contribution in [3.05, 3.63) is 28.8 Å². The molecular weight excluding hydrogens is 202 g/mol. The van der Waals surface area contributed by atoms with Gasteiger partial charge in [-0.3, -0.25) is 0 Å². The molecule has 0 bridgehead atoms. The van der Waals surface area contributed by atoms with Gasteiger partial charge in [0.1, 0.15) is 25.0 Å². The SMILES string of the molecule is Cc1cc(Cl)ccc1OC[C@H](O)C[NH3+]. The minimum atomic E-state index is -0.509. The highest BCUT2D eigenvalue weighted by atomic mass is 35.5. The highest BCUT2D eigenvalue weighted by Gasteiger charge is 2.05. The lowest BCUT2D eigenvalue weighted by molar-refractivity contribution is -0.384. The molecule has 0 aliphatic rings. The summed E-state index contributed by atoms with van der Waals surface area (Å²) in [5.41, 5.74) is 4.55. The zero-order chi connectivity index (χ0) is 10.6. The molecule has 0 unspecified atom stereocenters. The molecule has 0 aromatic heterocycles. The van der Waals surface area contributed by atoms with Crippen molar-refractivity contribution < 1.29 is 15.6 Å². The van der Waals surface area contributed by atoms with Crippen molar-refractivity contribution in [2.45, 2.75) is 13.0 Å². The van der Waals surface area contributed by atoms with Crippen molar-refractivity contribution in [1.82, 2.24) is 0 Å². The third-order valence-electron chi connectivity index (χ3n) is 1.90. The number of quaternary nitrogens is 1. The number of halogens is 1. The standard InChI is InChI=1S/C10H14ClNO2/c1-7-4-8(11)2-3-10(7)14-6-9(13)5-12/h2-4,9,13H,5-6,12H2,1H3/p+1/t9-/m1/s1. The summed E-state index contributed by atoms with van der Waals surface area (Å²) in [6, 6.07) is 5.39. The zero-order valence-corrected chi connectivity index (χ0v) is 8.92. The lowest BCUT2D eigenvalue weighted by Gasteiger charge is -2.11. The normalized spacial score (nSPS) is 12.6. The molecule has 0 heterocycles. The largest absolute Gasteiger partial charge is 0.490 e. The fourth-order valence-corrected chi connectivity index (χ4v) is 1.27. The molecule has 0 radical (unpaired) electrons. The Hall–Kier alpha value is -0.770. The van der Waals surface area contributed by atoms with Crippen LogP contribution in [0.2, 0.25) is 5.02 Å². The number of rotatable bonds is 4. The number of aliphatic hydroxyl groups excluding tert-OH is 1. The molecule has 78 valence electrons. The maximum absolute atomic E-state index is 9.25. The highest BCUT2D eigenvalue weighted by Crippen LogP contribution is 2.21. The first-order valence-corrected chi connectivity index (χ1v) is 4.87. The van der Waals surface area contributed by atoms with Gasteiger partial charge in [-0.1, -0.05) is 11.6 Å². The Morgan fingerprint density at radius 1 is 1.57 bits per heavy atom. The van der Waals surface area contributed by atoms with Crippen LogP contribution < -0.4 is 10.5 Å². The van der Waals surface area contributed by atoms with Crippen LogP contribution in [0.25, 0.3) is 0 Å². The van der Waals surface area contributed by atoms with Crippen molar-refractivity contribution >= 4 is 11.6 Å². The summed E-state index contributed by atoms with van der Waals surface area (Å²) in [5, 5.41) is 9.94. The van der Waals surface area contributed by atoms with Gasteiger partial charge in [-0.2, -0.15) is 0 Å². The van der Waals surface area contributed by atoms with Crippen molar-refractivity contribution in [3.8, 4) is 5.75 Å². The molecule has 14 heavy (non-hydrogen) atoms. The van der Waals surface area contributed by atoms with Crippen molar-refractivity contribution in [1.29, 1.82) is 0 Å². The van der Waals surface area contributed by atoms with Crippen molar-refractivity contribution in [2.24, 2.45) is 0 Å². The van der Waals surface area contributed by atoms with E-state index in [0.29, 0.717) is 11.6 Å². The lowest BCUT2D eigenvalue weighted by Crippen LogP contribution is -2.56. The van der Waals surface area contributed by atoms with Crippen LogP contribution in [-0.2, 0) is 0 Å². The number of hydrogen-bond donors (Lipinski definition) is 2. The Morgan fingerprint density at radius 3 is 2.86 bits per heavy atom. The molecule has 4 N–H and O–H groups in total. The third-order valence-corrected chi connectivity index (χ3v) is 2.14. The quantitative estimate of drug-likeness (QED) is 0.776. The summed E-state index contributed by atoms with van der Waals surface area (Å²) in [5.74, 6) is 0.752. The minimum Gasteiger partial charge on any atom is -0.490 e. The van der Waals surface area contributed by atoms with Crippen LogP contribution in [0.3, 0.4) is 0 Å². The first-order chi connectivity index (χ1) is 6.63. The van der Waals surface area contributed by atoms with Gasteiger partial charge in [0, 0.05) is 5.02 Å². The average molecular weight is 217 g/mol. The van der Waals surface area contributed by atoms with E-state index >= 15 is 0 Å². The molecular formula is C10H15ClNO2+. The molecule has 0 aliphatic heterocycles. The summed E-state index contributed by atoms with van der Waals surface area (Å²) < 4.78 is 5.40. The summed E-state index contributed by atoms with van der Waals surface area (Å²) in [4.78, 5) is 0. The van der Waals surface area contributed by atoms with E-state index in [4.69, 9.17) is 16.3 Å². The van der Waals surface area contributed by atoms with E-state index in [1.807, 2.05) is 13.0 Å². The number of aliphatic hydroxyl groups is 1. The molecule has 1 rings (SSSR count). The zero-order valence-electron chi connectivity index (χ0n) is 8.16. The first kappa shape index (κ1) is 11.3. The van der Waals surface area contributed by atoms with Crippen LogP contribution in [0, 0.1) is 6.92 Å². The number of aryl methyl sites for hydroxylation is 1. The number of ether oxygens (including phenoxy) is 1. The molecule has 1 atom stereocenters. The van der Waals surface area contributed by atoms with Gasteiger partial charge in [0.05, 0.1) is 0 Å². The highest BCUT2D eigenvalue weighted by molar-refractivity contribution is 6.30. The van der Waals surface area contributed by atoms with Gasteiger partial charge < -0.3 is 15.6 Å². The Morgan fingerprint density at radius 2 is 2.29 bits per heavy atom. The maximum Gasteiger partial charge on any atom is 0.136 e. The summed E-state index contributed by atoms with van der Waals surface area (Å²) in [7, 11) is 0. The second-order valence-electron chi connectivity index (χ2n) is 3.16. The predicted octanol–water partition coefficient (Wildman–Crippen LogP) is 0.630. The summed E-state index contributed by atoms with van der Waals surface area (Å²) in [6.07, 6.45) is -0.509. The Balaban J connectivity index is 2.59. The molecule has 4 heteroatoms. The van der Waals surface area contributed by atoms with Crippen LogP contribution in [-0.4, -0.2) is 24.4 Å². The maximum atomic E-state index is 9.25. The van der Waals surface area contributed by atoms with Crippen molar-refractivity contribution in [3.63, 3.8) is 0 Å². The molecule has 1 aromatic carbocycles. The number of benzene rings is 1. The van der Waals surface area contributed by atoms with Gasteiger partial charge in [0.2, 0.25) is 0 Å². The fourth-order valence-electron chi connectivity index (χ4n) is 1.04. The molecule has 3 nitrogen and oxygen atoms in total. The van der Waals surface area contributed by atoms with Gasteiger partial charge in [-0.05, 0) is 30.7 Å². The molecule has 0 spiro atoms. The predicted molar refractivity (Wildman–Crippen MR) is 55.4 cm³/mol. The second-order valence-corrected chi connectivity index (χ2v) is 3.60. The molecule has 0 saturated carbocycles. The molecule has 0 saturated heterocycles. The van der Waals surface area contributed by atoms with Gasteiger partial charge in [0.25, 0.3) is 0 Å². The van der Waals surface area contributed by atoms with Crippen LogP contribution in [0.15, 0.2) is 18.2 Å². The van der Waals surface area contributed by atoms with E-state index in [-0.39, 0.29) is 6.61 Å². The summed E-state index contributed by atoms with van der Waals surface area (Å²) in [6.45, 7) is 2.64. The Bertz CT molecular complexity index is 304. The lowest BCUT2D eigenvalue weighted by atomic mass is 10.2. The molecule has 0 aliphatic carbocycles. The van der Waals surface area contributed by atoms with Crippen molar-refractivity contribution in [2.75, 3.05) is 13.2 Å². The van der Waals surface area contributed by atoms with Gasteiger partial charge in [0.15, 0.2) is 0 Å². The number of hydrogen-bond acceptors (Lipinski definition) is 2. The fraction of sp³-hybridized carbons (Fsp3) is 0.400. The minimum absolute atomic E-state index is 0.270. The average Bonchev–Trinajstić information content (AvgIpc) is 2.16. The van der Waals surface area contributed by atoms with Crippen LogP contribution in [0.5, 0.6) is 5.75 Å². The van der Waals surface area contributed by atoms with Gasteiger partial charge in [-0.15, -0.1) is 0 Å². The van der Waals surface area contributed by atoms with Crippen LogP contribution in [0.4, 0.5) is 0 Å². The monoisotopic (exact) mass is 216 g/mol. The Kier molecular flexibility index (Phi) is 4.20. The topological polar surface area (TPSA) is 57.1 Å². The molecule has 1 aromatic rings. The summed E-state index contributed by atoms with van der Waals surface area (Å²) >= 11 is 5.79. The van der Waals surface area contributed by atoms with E-state index in [1.165, 1.54) is 0 Å². The molecule has 0 amide bonds. The third kappa shape index (κ3) is 3.18. The van der Waals surface area contributed by atoms with E-state index in [2.05, 4.69) is 5.73 Å².